The number of ether oxygens (including phenoxy) is 1. The molecule has 88 valence electrons. The van der Waals surface area contributed by atoms with Crippen molar-refractivity contribution in [3.63, 3.8) is 0 Å². The van der Waals surface area contributed by atoms with Gasteiger partial charge in [0, 0.05) is 6.20 Å². The summed E-state index contributed by atoms with van der Waals surface area (Å²) in [5.41, 5.74) is -1.08. The zero-order valence-electron chi connectivity index (χ0n) is 9.66. The Morgan fingerprint density at radius 1 is 1.56 bits per heavy atom. The molecule has 1 heterocycles. The number of carbonyl (C=O) groups is 1. The first kappa shape index (κ1) is 11.5. The number of hydrogen-bond donors (Lipinski definition) is 0. The summed E-state index contributed by atoms with van der Waals surface area (Å²) in [6.45, 7) is 5.57. The second-order valence-electron chi connectivity index (χ2n) is 5.14. The second kappa shape index (κ2) is 3.48. The van der Waals surface area contributed by atoms with Crippen LogP contribution in [0.1, 0.15) is 33.6 Å². The van der Waals surface area contributed by atoms with Gasteiger partial charge in [-0.3, -0.25) is 4.68 Å². The third kappa shape index (κ3) is 2.07. The monoisotopic (exact) mass is 242 g/mol. The number of esters is 1. The molecule has 0 saturated heterocycles. The van der Waals surface area contributed by atoms with Crippen molar-refractivity contribution in [1.82, 2.24) is 9.78 Å². The van der Waals surface area contributed by atoms with E-state index in [1.807, 2.05) is 20.8 Å². The largest absolute Gasteiger partial charge is 0.458 e. The molecule has 0 atom stereocenters. The topological polar surface area (TPSA) is 44.1 Å². The molecule has 16 heavy (non-hydrogen) atoms. The molecule has 0 aromatic carbocycles. The van der Waals surface area contributed by atoms with E-state index in [0.717, 1.165) is 12.8 Å². The van der Waals surface area contributed by atoms with Crippen molar-refractivity contribution < 1.29 is 9.53 Å². The molecule has 0 amide bonds. The zero-order valence-corrected chi connectivity index (χ0v) is 10.4. The standard InChI is InChI=1S/C11H15ClN2O2/c1-10(2,3)16-9(15)11(4-5-11)14-7-8(12)6-13-14/h6-7H,4-5H2,1-3H3. The highest BCUT2D eigenvalue weighted by Gasteiger charge is 2.55. The summed E-state index contributed by atoms with van der Waals surface area (Å²) in [7, 11) is 0. The molecule has 0 N–H and O–H groups in total. The van der Waals surface area contributed by atoms with Crippen LogP contribution in [0.5, 0.6) is 0 Å². The summed E-state index contributed by atoms with van der Waals surface area (Å²) in [4.78, 5) is 12.0. The molecule has 1 aromatic heterocycles. The molecule has 4 nitrogen and oxygen atoms in total. The predicted molar refractivity (Wildman–Crippen MR) is 60.3 cm³/mol. The first-order valence-electron chi connectivity index (χ1n) is 5.28. The molecule has 0 radical (unpaired) electrons. The Bertz CT molecular complexity index is 416. The molecule has 0 unspecified atom stereocenters. The Labute approximate surface area is 99.5 Å². The average molecular weight is 243 g/mol. The summed E-state index contributed by atoms with van der Waals surface area (Å²) in [5.74, 6) is -0.222. The highest BCUT2D eigenvalue weighted by Crippen LogP contribution is 2.45. The molecule has 0 bridgehead atoms. The van der Waals surface area contributed by atoms with E-state index in [2.05, 4.69) is 5.10 Å². The van der Waals surface area contributed by atoms with E-state index >= 15 is 0 Å². The minimum absolute atomic E-state index is 0.222. The van der Waals surface area contributed by atoms with Crippen LogP contribution in [0, 0.1) is 0 Å². The molecule has 1 aromatic rings. The van der Waals surface area contributed by atoms with Crippen molar-refractivity contribution in [2.75, 3.05) is 0 Å². The number of nitrogens with zero attached hydrogens (tertiary/aromatic N) is 2. The van der Waals surface area contributed by atoms with E-state index in [1.54, 1.807) is 10.9 Å². The molecular formula is C11H15ClN2O2. The maximum Gasteiger partial charge on any atom is 0.334 e. The first-order chi connectivity index (χ1) is 7.33. The van der Waals surface area contributed by atoms with Gasteiger partial charge in [-0.25, -0.2) is 4.79 Å². The van der Waals surface area contributed by atoms with Gasteiger partial charge in [0.1, 0.15) is 5.60 Å². The lowest BCUT2D eigenvalue weighted by Crippen LogP contribution is -2.35. The molecule has 1 aliphatic rings. The van der Waals surface area contributed by atoms with Gasteiger partial charge < -0.3 is 4.74 Å². The van der Waals surface area contributed by atoms with Crippen LogP contribution >= 0.6 is 11.6 Å². The number of hydrogen-bond acceptors (Lipinski definition) is 3. The molecule has 1 saturated carbocycles. The zero-order chi connectivity index (χ0) is 12.0. The highest BCUT2D eigenvalue weighted by atomic mass is 35.5. The van der Waals surface area contributed by atoms with Crippen LogP contribution < -0.4 is 0 Å². The fourth-order valence-electron chi connectivity index (χ4n) is 1.55. The molecule has 0 aliphatic heterocycles. The molecule has 1 fully saturated rings. The van der Waals surface area contributed by atoms with Gasteiger partial charge in [-0.05, 0) is 33.6 Å². The van der Waals surface area contributed by atoms with Gasteiger partial charge in [-0.15, -0.1) is 0 Å². The van der Waals surface area contributed by atoms with Crippen molar-refractivity contribution >= 4 is 17.6 Å². The van der Waals surface area contributed by atoms with Crippen LogP contribution in [0.2, 0.25) is 5.02 Å². The smallest absolute Gasteiger partial charge is 0.334 e. The van der Waals surface area contributed by atoms with Crippen LogP contribution in [0.15, 0.2) is 12.4 Å². The van der Waals surface area contributed by atoms with Gasteiger partial charge in [0.2, 0.25) is 0 Å². The highest BCUT2D eigenvalue weighted by molar-refractivity contribution is 6.30. The first-order valence-corrected chi connectivity index (χ1v) is 5.65. The molecule has 0 spiro atoms. The summed E-state index contributed by atoms with van der Waals surface area (Å²) in [5, 5.41) is 4.62. The molecule has 5 heteroatoms. The number of carbonyl (C=O) groups excluding carboxylic acids is 1. The minimum atomic E-state index is -0.611. The molecular weight excluding hydrogens is 228 g/mol. The van der Waals surface area contributed by atoms with Crippen LogP contribution in [-0.2, 0) is 15.1 Å². The van der Waals surface area contributed by atoms with E-state index < -0.39 is 11.1 Å². The maximum atomic E-state index is 12.0. The van der Waals surface area contributed by atoms with Crippen molar-refractivity contribution in [2.24, 2.45) is 0 Å². The normalized spacial score (nSPS) is 18.2. The van der Waals surface area contributed by atoms with Gasteiger partial charge >= 0.3 is 5.97 Å². The molecule has 2 rings (SSSR count). The minimum Gasteiger partial charge on any atom is -0.458 e. The number of aromatic nitrogens is 2. The summed E-state index contributed by atoms with van der Waals surface area (Å²) < 4.78 is 7.00. The quantitative estimate of drug-likeness (QED) is 0.748. The fraction of sp³-hybridized carbons (Fsp3) is 0.636. The summed E-state index contributed by atoms with van der Waals surface area (Å²) >= 11 is 5.80. The van der Waals surface area contributed by atoms with Crippen LogP contribution in [0.25, 0.3) is 0 Å². The fourth-order valence-corrected chi connectivity index (χ4v) is 1.69. The van der Waals surface area contributed by atoms with Gasteiger partial charge in [-0.1, -0.05) is 11.6 Å². The average Bonchev–Trinajstić information content (AvgIpc) is 2.82. The van der Waals surface area contributed by atoms with E-state index in [-0.39, 0.29) is 5.97 Å². The van der Waals surface area contributed by atoms with Gasteiger partial charge in [0.15, 0.2) is 5.54 Å². The van der Waals surface area contributed by atoms with Gasteiger partial charge in [0.05, 0.1) is 11.2 Å². The lowest BCUT2D eigenvalue weighted by Gasteiger charge is -2.23. The van der Waals surface area contributed by atoms with Crippen molar-refractivity contribution in [3.05, 3.63) is 17.4 Å². The summed E-state index contributed by atoms with van der Waals surface area (Å²) in [6, 6.07) is 0. The Morgan fingerprint density at radius 2 is 2.19 bits per heavy atom. The predicted octanol–water partition coefficient (Wildman–Crippen LogP) is 2.37. The third-order valence-electron chi connectivity index (χ3n) is 2.49. The van der Waals surface area contributed by atoms with Crippen LogP contribution in [0.4, 0.5) is 0 Å². The lowest BCUT2D eigenvalue weighted by atomic mass is 10.2. The van der Waals surface area contributed by atoms with Crippen molar-refractivity contribution in [1.29, 1.82) is 0 Å². The van der Waals surface area contributed by atoms with E-state index in [4.69, 9.17) is 16.3 Å². The van der Waals surface area contributed by atoms with Crippen molar-refractivity contribution in [2.45, 2.75) is 44.8 Å². The van der Waals surface area contributed by atoms with Gasteiger partial charge in [-0.2, -0.15) is 5.10 Å². The van der Waals surface area contributed by atoms with E-state index in [1.165, 1.54) is 6.20 Å². The SMILES string of the molecule is CC(C)(C)OC(=O)C1(n2cc(Cl)cn2)CC1. The Morgan fingerprint density at radius 3 is 2.56 bits per heavy atom. The lowest BCUT2D eigenvalue weighted by molar-refractivity contribution is -0.161. The number of halogens is 1. The second-order valence-corrected chi connectivity index (χ2v) is 5.57. The maximum absolute atomic E-state index is 12.0. The molecule has 1 aliphatic carbocycles. The third-order valence-corrected chi connectivity index (χ3v) is 2.69. The Kier molecular flexibility index (Phi) is 2.49. The van der Waals surface area contributed by atoms with E-state index in [9.17, 15) is 4.79 Å². The van der Waals surface area contributed by atoms with E-state index in [0.29, 0.717) is 5.02 Å². The Balaban J connectivity index is 2.17. The van der Waals surface area contributed by atoms with Crippen LogP contribution in [-0.4, -0.2) is 21.4 Å². The van der Waals surface area contributed by atoms with Crippen molar-refractivity contribution in [3.8, 4) is 0 Å². The summed E-state index contributed by atoms with van der Waals surface area (Å²) in [6.07, 6.45) is 4.73. The Hall–Kier alpha value is -1.03. The number of rotatable bonds is 2. The van der Waals surface area contributed by atoms with Gasteiger partial charge in [0.25, 0.3) is 0 Å². The van der Waals surface area contributed by atoms with Crippen LogP contribution in [0.3, 0.4) is 0 Å².